The van der Waals surface area contributed by atoms with Gasteiger partial charge in [-0.25, -0.2) is 0 Å². The molecule has 0 amide bonds. The van der Waals surface area contributed by atoms with Crippen molar-refractivity contribution < 1.29 is 0 Å². The van der Waals surface area contributed by atoms with Gasteiger partial charge < -0.3 is 10.2 Å². The molecule has 0 fully saturated rings. The molecule has 1 heterocycles. The summed E-state index contributed by atoms with van der Waals surface area (Å²) in [4.78, 5) is 2.25. The van der Waals surface area contributed by atoms with Crippen molar-refractivity contribution >= 4 is 23.0 Å². The maximum atomic E-state index is 5.60. The Morgan fingerprint density at radius 2 is 1.83 bits per heavy atom. The molecule has 0 aliphatic carbocycles. The van der Waals surface area contributed by atoms with Crippen LogP contribution in [0.5, 0.6) is 0 Å². The second kappa shape index (κ2) is 7.60. The smallest absolute Gasteiger partial charge is 0.173 e. The summed E-state index contributed by atoms with van der Waals surface area (Å²) in [6.07, 6.45) is 4.71. The van der Waals surface area contributed by atoms with Crippen molar-refractivity contribution in [2.75, 3.05) is 11.9 Å². The van der Waals surface area contributed by atoms with Crippen LogP contribution in [0.2, 0.25) is 0 Å². The molecule has 0 spiro atoms. The third-order valence-corrected chi connectivity index (χ3v) is 4.80. The van der Waals surface area contributed by atoms with Crippen LogP contribution in [0.25, 0.3) is 0 Å². The fourth-order valence-corrected chi connectivity index (χ4v) is 3.28. The SMILES string of the molecule is CCCCc1ccc(NC(=S)N2CCc3ccccc3C2)cc1. The van der Waals surface area contributed by atoms with Crippen LogP contribution in [0.15, 0.2) is 48.5 Å². The minimum atomic E-state index is 0.820. The first-order valence-electron chi connectivity index (χ1n) is 8.48. The molecule has 0 aromatic heterocycles. The molecule has 3 rings (SSSR count). The Balaban J connectivity index is 1.59. The van der Waals surface area contributed by atoms with E-state index in [1.165, 1.54) is 29.5 Å². The van der Waals surface area contributed by atoms with E-state index >= 15 is 0 Å². The normalized spacial score (nSPS) is 13.5. The van der Waals surface area contributed by atoms with Crippen molar-refractivity contribution in [2.24, 2.45) is 0 Å². The monoisotopic (exact) mass is 324 g/mol. The van der Waals surface area contributed by atoms with Gasteiger partial charge in [0.2, 0.25) is 0 Å². The lowest BCUT2D eigenvalue weighted by molar-refractivity contribution is 0.399. The third kappa shape index (κ3) is 4.11. The number of anilines is 1. The van der Waals surface area contributed by atoms with Crippen molar-refractivity contribution in [2.45, 2.75) is 39.2 Å². The van der Waals surface area contributed by atoms with Gasteiger partial charge in [-0.1, -0.05) is 49.7 Å². The lowest BCUT2D eigenvalue weighted by Crippen LogP contribution is -2.38. The summed E-state index contributed by atoms with van der Waals surface area (Å²) in [6, 6.07) is 17.3. The predicted molar refractivity (Wildman–Crippen MR) is 102 cm³/mol. The lowest BCUT2D eigenvalue weighted by atomic mass is 10.0. The van der Waals surface area contributed by atoms with Crippen LogP contribution in [0.3, 0.4) is 0 Å². The van der Waals surface area contributed by atoms with Gasteiger partial charge in [-0.2, -0.15) is 0 Å². The zero-order chi connectivity index (χ0) is 16.1. The van der Waals surface area contributed by atoms with Crippen molar-refractivity contribution in [3.05, 3.63) is 65.2 Å². The highest BCUT2D eigenvalue weighted by molar-refractivity contribution is 7.80. The molecule has 2 aromatic rings. The molecule has 2 aromatic carbocycles. The molecular weight excluding hydrogens is 300 g/mol. The topological polar surface area (TPSA) is 15.3 Å². The number of aryl methyl sites for hydroxylation is 1. The van der Waals surface area contributed by atoms with Gasteiger partial charge in [0.1, 0.15) is 0 Å². The Morgan fingerprint density at radius 3 is 2.57 bits per heavy atom. The molecule has 3 heteroatoms. The van der Waals surface area contributed by atoms with E-state index in [4.69, 9.17) is 12.2 Å². The van der Waals surface area contributed by atoms with E-state index in [9.17, 15) is 0 Å². The van der Waals surface area contributed by atoms with Crippen LogP contribution in [0.1, 0.15) is 36.5 Å². The van der Waals surface area contributed by atoms with Gasteiger partial charge in [0, 0.05) is 18.8 Å². The minimum Gasteiger partial charge on any atom is -0.344 e. The highest BCUT2D eigenvalue weighted by Gasteiger charge is 2.17. The molecule has 2 nitrogen and oxygen atoms in total. The number of hydrogen-bond acceptors (Lipinski definition) is 1. The molecule has 0 saturated carbocycles. The number of benzene rings is 2. The highest BCUT2D eigenvalue weighted by atomic mass is 32.1. The summed E-state index contributed by atoms with van der Waals surface area (Å²) in [5, 5.41) is 4.20. The van der Waals surface area contributed by atoms with Gasteiger partial charge in [-0.15, -0.1) is 0 Å². The number of thiocarbonyl (C=S) groups is 1. The van der Waals surface area contributed by atoms with E-state index in [-0.39, 0.29) is 0 Å². The molecule has 0 atom stereocenters. The van der Waals surface area contributed by atoms with E-state index in [0.717, 1.165) is 36.7 Å². The van der Waals surface area contributed by atoms with Crippen LogP contribution in [-0.4, -0.2) is 16.6 Å². The average Bonchev–Trinajstić information content (AvgIpc) is 2.60. The van der Waals surface area contributed by atoms with E-state index < -0.39 is 0 Å². The summed E-state index contributed by atoms with van der Waals surface area (Å²) in [5.74, 6) is 0. The quantitative estimate of drug-likeness (QED) is 0.815. The van der Waals surface area contributed by atoms with Crippen LogP contribution < -0.4 is 5.32 Å². The fraction of sp³-hybridized carbons (Fsp3) is 0.350. The molecule has 120 valence electrons. The Labute approximate surface area is 144 Å². The molecule has 0 unspecified atom stereocenters. The van der Waals surface area contributed by atoms with E-state index in [0.29, 0.717) is 0 Å². The summed E-state index contributed by atoms with van der Waals surface area (Å²) >= 11 is 5.60. The second-order valence-electron chi connectivity index (χ2n) is 6.17. The molecule has 0 saturated heterocycles. The molecule has 1 N–H and O–H groups in total. The number of unbranched alkanes of at least 4 members (excludes halogenated alkanes) is 1. The van der Waals surface area contributed by atoms with Crippen molar-refractivity contribution in [3.63, 3.8) is 0 Å². The summed E-state index contributed by atoms with van der Waals surface area (Å²) in [5.41, 5.74) is 5.31. The minimum absolute atomic E-state index is 0.820. The van der Waals surface area contributed by atoms with Crippen LogP contribution in [-0.2, 0) is 19.4 Å². The number of nitrogens with one attached hydrogen (secondary N) is 1. The lowest BCUT2D eigenvalue weighted by Gasteiger charge is -2.31. The standard InChI is InChI=1S/C20H24N2S/c1-2-3-6-16-9-11-19(12-10-16)21-20(23)22-14-13-17-7-4-5-8-18(17)15-22/h4-5,7-12H,2-3,6,13-15H2,1H3,(H,21,23). The van der Waals surface area contributed by atoms with Gasteiger partial charge >= 0.3 is 0 Å². The molecule has 0 bridgehead atoms. The average molecular weight is 324 g/mol. The first-order valence-corrected chi connectivity index (χ1v) is 8.88. The Hall–Kier alpha value is -1.87. The third-order valence-electron chi connectivity index (χ3n) is 4.44. The predicted octanol–water partition coefficient (Wildman–Crippen LogP) is 4.78. The number of fused-ring (bicyclic) bond motifs is 1. The Morgan fingerprint density at radius 1 is 1.09 bits per heavy atom. The van der Waals surface area contributed by atoms with Crippen LogP contribution >= 0.6 is 12.2 Å². The van der Waals surface area contributed by atoms with Gasteiger partial charge in [-0.05, 0) is 60.3 Å². The van der Waals surface area contributed by atoms with Gasteiger partial charge in [0.05, 0.1) is 0 Å². The van der Waals surface area contributed by atoms with Gasteiger partial charge in [-0.3, -0.25) is 0 Å². The van der Waals surface area contributed by atoms with Crippen LogP contribution in [0.4, 0.5) is 5.69 Å². The second-order valence-corrected chi connectivity index (χ2v) is 6.56. The molecule has 0 radical (unpaired) electrons. The largest absolute Gasteiger partial charge is 0.344 e. The first-order chi connectivity index (χ1) is 11.3. The number of rotatable bonds is 4. The molecule has 23 heavy (non-hydrogen) atoms. The molecular formula is C20H24N2S. The summed E-state index contributed by atoms with van der Waals surface area (Å²) in [6.45, 7) is 4.11. The first kappa shape index (κ1) is 16.0. The molecule has 1 aliphatic heterocycles. The van der Waals surface area contributed by atoms with E-state index in [2.05, 4.69) is 65.7 Å². The molecule has 1 aliphatic rings. The van der Waals surface area contributed by atoms with Crippen molar-refractivity contribution in [1.82, 2.24) is 4.90 Å². The number of hydrogen-bond donors (Lipinski definition) is 1. The van der Waals surface area contributed by atoms with E-state index in [1.807, 2.05) is 0 Å². The maximum Gasteiger partial charge on any atom is 0.173 e. The Kier molecular flexibility index (Phi) is 5.29. The summed E-state index contributed by atoms with van der Waals surface area (Å²) < 4.78 is 0. The highest BCUT2D eigenvalue weighted by Crippen LogP contribution is 2.20. The zero-order valence-electron chi connectivity index (χ0n) is 13.7. The Bertz CT molecular complexity index is 664. The van der Waals surface area contributed by atoms with Crippen LogP contribution in [0, 0.1) is 0 Å². The van der Waals surface area contributed by atoms with E-state index in [1.54, 1.807) is 0 Å². The van der Waals surface area contributed by atoms with Gasteiger partial charge in [0.15, 0.2) is 5.11 Å². The van der Waals surface area contributed by atoms with Crippen molar-refractivity contribution in [3.8, 4) is 0 Å². The zero-order valence-corrected chi connectivity index (χ0v) is 14.5. The summed E-state index contributed by atoms with van der Waals surface area (Å²) in [7, 11) is 0. The van der Waals surface area contributed by atoms with Crippen molar-refractivity contribution in [1.29, 1.82) is 0 Å². The van der Waals surface area contributed by atoms with Gasteiger partial charge in [0.25, 0.3) is 0 Å². The fourth-order valence-electron chi connectivity index (χ4n) is 3.01. The maximum absolute atomic E-state index is 5.60. The number of nitrogens with zero attached hydrogens (tertiary/aromatic N) is 1.